The SMILES string of the molecule is COC1=CC2=CC(C)C3C4CCC(=O)C4(C)CCC3C2(C)CC1. The average Bonchev–Trinajstić information content (AvgIpc) is 2.83. The molecule has 0 heterocycles. The van der Waals surface area contributed by atoms with Crippen LogP contribution in [0.2, 0.25) is 0 Å². The van der Waals surface area contributed by atoms with Crippen LogP contribution in [0, 0.1) is 34.5 Å². The van der Waals surface area contributed by atoms with Crippen LogP contribution in [0.5, 0.6) is 0 Å². The Labute approximate surface area is 140 Å². The Morgan fingerprint density at radius 3 is 2.57 bits per heavy atom. The molecule has 126 valence electrons. The summed E-state index contributed by atoms with van der Waals surface area (Å²) in [5, 5.41) is 0. The third-order valence-electron chi connectivity index (χ3n) is 8.04. The Morgan fingerprint density at radius 1 is 1.09 bits per heavy atom. The summed E-state index contributed by atoms with van der Waals surface area (Å²) >= 11 is 0. The molecule has 0 aromatic heterocycles. The van der Waals surface area contributed by atoms with E-state index in [2.05, 4.69) is 32.9 Å². The molecule has 2 fully saturated rings. The van der Waals surface area contributed by atoms with Crippen LogP contribution in [0.25, 0.3) is 0 Å². The quantitative estimate of drug-likeness (QED) is 0.688. The molecule has 0 radical (unpaired) electrons. The molecule has 0 spiro atoms. The van der Waals surface area contributed by atoms with Crippen LogP contribution in [0.15, 0.2) is 23.5 Å². The van der Waals surface area contributed by atoms with Gasteiger partial charge in [0.15, 0.2) is 0 Å². The Hall–Kier alpha value is -1.05. The minimum Gasteiger partial charge on any atom is -0.501 e. The lowest BCUT2D eigenvalue weighted by atomic mass is 9.47. The van der Waals surface area contributed by atoms with Gasteiger partial charge in [0, 0.05) is 18.3 Å². The smallest absolute Gasteiger partial charge is 0.139 e. The average molecular weight is 314 g/mol. The molecule has 0 amide bonds. The standard InChI is InChI=1S/C21H30O2/c1-13-11-14-12-15(23-4)7-9-20(14,2)17-8-10-21(3)16(19(13)17)5-6-18(21)22/h11-13,16-17,19H,5-10H2,1-4H3. The fourth-order valence-electron chi connectivity index (χ4n) is 6.57. The Balaban J connectivity index is 1.76. The summed E-state index contributed by atoms with van der Waals surface area (Å²) in [6.07, 6.45) is 11.3. The fraction of sp³-hybridized carbons (Fsp3) is 0.762. The largest absolute Gasteiger partial charge is 0.501 e. The molecule has 4 aliphatic carbocycles. The van der Waals surface area contributed by atoms with Crippen molar-refractivity contribution in [3.63, 3.8) is 0 Å². The number of Topliss-reactive ketones (excluding diaryl/α,β-unsaturated/α-hetero) is 1. The van der Waals surface area contributed by atoms with Crippen molar-refractivity contribution >= 4 is 5.78 Å². The zero-order valence-corrected chi connectivity index (χ0v) is 15.0. The topological polar surface area (TPSA) is 26.3 Å². The van der Waals surface area contributed by atoms with Gasteiger partial charge in [-0.05, 0) is 66.4 Å². The van der Waals surface area contributed by atoms with E-state index in [9.17, 15) is 4.79 Å². The van der Waals surface area contributed by atoms with E-state index >= 15 is 0 Å². The lowest BCUT2D eigenvalue weighted by Gasteiger charge is -2.57. The van der Waals surface area contributed by atoms with Crippen molar-refractivity contribution in [2.24, 2.45) is 34.5 Å². The number of ether oxygens (including phenoxy) is 1. The van der Waals surface area contributed by atoms with Crippen LogP contribution < -0.4 is 0 Å². The van der Waals surface area contributed by atoms with E-state index in [-0.39, 0.29) is 10.8 Å². The van der Waals surface area contributed by atoms with Crippen LogP contribution in [0.1, 0.15) is 59.3 Å². The Bertz CT molecular complexity index is 601. The summed E-state index contributed by atoms with van der Waals surface area (Å²) < 4.78 is 5.53. The van der Waals surface area contributed by atoms with Crippen LogP contribution in [0.3, 0.4) is 0 Å². The van der Waals surface area contributed by atoms with Gasteiger partial charge in [-0.25, -0.2) is 0 Å². The molecule has 0 aromatic rings. The predicted molar refractivity (Wildman–Crippen MR) is 91.7 cm³/mol. The second-order valence-electron chi connectivity index (χ2n) is 8.92. The highest BCUT2D eigenvalue weighted by atomic mass is 16.5. The van der Waals surface area contributed by atoms with Gasteiger partial charge in [0.2, 0.25) is 0 Å². The Morgan fingerprint density at radius 2 is 1.83 bits per heavy atom. The first-order valence-corrected chi connectivity index (χ1v) is 9.40. The van der Waals surface area contributed by atoms with Crippen LogP contribution in [-0.4, -0.2) is 12.9 Å². The fourth-order valence-corrected chi connectivity index (χ4v) is 6.57. The number of ketones is 1. The number of hydrogen-bond acceptors (Lipinski definition) is 2. The number of carbonyl (C=O) groups is 1. The van der Waals surface area contributed by atoms with Crippen LogP contribution >= 0.6 is 0 Å². The molecule has 0 N–H and O–H groups in total. The number of hydrogen-bond donors (Lipinski definition) is 0. The molecule has 4 rings (SSSR count). The van der Waals surface area contributed by atoms with Crippen LogP contribution in [-0.2, 0) is 9.53 Å². The van der Waals surface area contributed by atoms with Crippen molar-refractivity contribution in [2.75, 3.05) is 7.11 Å². The summed E-state index contributed by atoms with van der Waals surface area (Å²) in [6.45, 7) is 7.12. The molecule has 2 heteroatoms. The van der Waals surface area contributed by atoms with Gasteiger partial charge in [0.05, 0.1) is 12.9 Å². The van der Waals surface area contributed by atoms with E-state index in [1.54, 1.807) is 7.11 Å². The summed E-state index contributed by atoms with van der Waals surface area (Å²) in [5.74, 6) is 4.27. The maximum Gasteiger partial charge on any atom is 0.139 e. The maximum absolute atomic E-state index is 12.5. The van der Waals surface area contributed by atoms with E-state index in [1.807, 2.05) is 0 Å². The summed E-state index contributed by atoms with van der Waals surface area (Å²) in [7, 11) is 1.79. The zero-order chi connectivity index (χ0) is 16.4. The van der Waals surface area contributed by atoms with Crippen molar-refractivity contribution in [1.29, 1.82) is 0 Å². The molecule has 2 nitrogen and oxygen atoms in total. The van der Waals surface area contributed by atoms with Gasteiger partial charge in [0.25, 0.3) is 0 Å². The number of methoxy groups -OCH3 is 1. The third-order valence-corrected chi connectivity index (χ3v) is 8.04. The molecular weight excluding hydrogens is 284 g/mol. The highest BCUT2D eigenvalue weighted by Gasteiger charge is 2.59. The van der Waals surface area contributed by atoms with E-state index < -0.39 is 0 Å². The minimum absolute atomic E-state index is 0.0284. The molecule has 0 saturated heterocycles. The first-order chi connectivity index (χ1) is 10.9. The summed E-state index contributed by atoms with van der Waals surface area (Å²) in [5.41, 5.74) is 1.76. The van der Waals surface area contributed by atoms with Crippen LogP contribution in [0.4, 0.5) is 0 Å². The monoisotopic (exact) mass is 314 g/mol. The highest BCUT2D eigenvalue weighted by Crippen LogP contribution is 2.64. The number of rotatable bonds is 1. The molecule has 0 aliphatic heterocycles. The normalized spacial score (nSPS) is 48.8. The molecule has 2 saturated carbocycles. The first-order valence-electron chi connectivity index (χ1n) is 9.40. The zero-order valence-electron chi connectivity index (χ0n) is 15.0. The van der Waals surface area contributed by atoms with Gasteiger partial charge in [-0.15, -0.1) is 0 Å². The lowest BCUT2D eigenvalue weighted by molar-refractivity contribution is -0.132. The van der Waals surface area contributed by atoms with Gasteiger partial charge >= 0.3 is 0 Å². The van der Waals surface area contributed by atoms with Crippen molar-refractivity contribution in [3.05, 3.63) is 23.5 Å². The molecule has 0 bridgehead atoms. The van der Waals surface area contributed by atoms with Gasteiger partial charge in [0.1, 0.15) is 5.78 Å². The highest BCUT2D eigenvalue weighted by molar-refractivity contribution is 5.87. The molecule has 4 aliphatic rings. The lowest BCUT2D eigenvalue weighted by Crippen LogP contribution is -2.51. The second-order valence-corrected chi connectivity index (χ2v) is 8.92. The minimum atomic E-state index is -0.0284. The van der Waals surface area contributed by atoms with Gasteiger partial charge in [-0.1, -0.05) is 26.8 Å². The number of allylic oxidation sites excluding steroid dienone is 4. The Kier molecular flexibility index (Phi) is 3.35. The van der Waals surface area contributed by atoms with Crippen molar-refractivity contribution < 1.29 is 9.53 Å². The van der Waals surface area contributed by atoms with E-state index in [4.69, 9.17) is 4.74 Å². The third kappa shape index (κ3) is 1.96. The molecule has 6 unspecified atom stereocenters. The van der Waals surface area contributed by atoms with Crippen molar-refractivity contribution in [1.82, 2.24) is 0 Å². The van der Waals surface area contributed by atoms with Gasteiger partial charge < -0.3 is 4.74 Å². The van der Waals surface area contributed by atoms with E-state index in [1.165, 1.54) is 18.4 Å². The van der Waals surface area contributed by atoms with E-state index in [0.717, 1.165) is 37.4 Å². The molecule has 23 heavy (non-hydrogen) atoms. The van der Waals surface area contributed by atoms with Gasteiger partial charge in [-0.3, -0.25) is 4.79 Å². The molecule has 6 atom stereocenters. The number of carbonyl (C=O) groups excluding carboxylic acids is 1. The van der Waals surface area contributed by atoms with E-state index in [0.29, 0.717) is 23.5 Å². The predicted octanol–water partition coefficient (Wildman–Crippen LogP) is 4.90. The molecular formula is C21H30O2. The van der Waals surface area contributed by atoms with Gasteiger partial charge in [-0.2, -0.15) is 0 Å². The number of fused-ring (bicyclic) bond motifs is 5. The second kappa shape index (κ2) is 4.97. The first kappa shape index (κ1) is 15.5. The molecule has 0 aromatic carbocycles. The maximum atomic E-state index is 12.5. The van der Waals surface area contributed by atoms with Crippen molar-refractivity contribution in [2.45, 2.75) is 59.3 Å². The summed E-state index contributed by atoms with van der Waals surface area (Å²) in [6, 6.07) is 0. The summed E-state index contributed by atoms with van der Waals surface area (Å²) in [4.78, 5) is 12.5. The van der Waals surface area contributed by atoms with Crippen molar-refractivity contribution in [3.8, 4) is 0 Å².